The molecule has 0 aromatic rings. The number of carbonyl (C=O) groups is 2. The molecule has 1 heterocycles. The van der Waals surface area contributed by atoms with Gasteiger partial charge in [0.1, 0.15) is 5.60 Å². The van der Waals surface area contributed by atoms with Crippen LogP contribution in [-0.4, -0.2) is 54.0 Å². The monoisotopic (exact) mass is 327 g/mol. The lowest BCUT2D eigenvalue weighted by atomic mass is 9.72. The fraction of sp³-hybridized carbons (Fsp3) is 0.882. The Morgan fingerprint density at radius 3 is 2.30 bits per heavy atom. The van der Waals surface area contributed by atoms with Crippen molar-refractivity contribution >= 4 is 12.1 Å². The van der Waals surface area contributed by atoms with Crippen molar-refractivity contribution in [3.05, 3.63) is 0 Å². The molecule has 3 atom stereocenters. The molecule has 1 aliphatic carbocycles. The van der Waals surface area contributed by atoms with Gasteiger partial charge in [-0.15, -0.1) is 0 Å². The van der Waals surface area contributed by atoms with Gasteiger partial charge in [0.15, 0.2) is 6.10 Å². The van der Waals surface area contributed by atoms with E-state index < -0.39 is 17.7 Å². The van der Waals surface area contributed by atoms with Crippen molar-refractivity contribution in [2.24, 2.45) is 17.3 Å². The summed E-state index contributed by atoms with van der Waals surface area (Å²) in [5.41, 5.74) is -0.765. The van der Waals surface area contributed by atoms with Gasteiger partial charge in [0.25, 0.3) is 0 Å². The minimum atomic E-state index is -0.883. The number of rotatable bonds is 4. The van der Waals surface area contributed by atoms with Gasteiger partial charge in [-0.1, -0.05) is 6.92 Å². The molecule has 6 heteroatoms. The Balaban J connectivity index is 2.02. The highest BCUT2D eigenvalue weighted by molar-refractivity contribution is 5.74. The van der Waals surface area contributed by atoms with Crippen molar-refractivity contribution in [1.29, 1.82) is 0 Å². The van der Waals surface area contributed by atoms with Crippen LogP contribution in [0.25, 0.3) is 0 Å². The lowest BCUT2D eigenvalue weighted by molar-refractivity contribution is -0.156. The third-order valence-electron chi connectivity index (χ3n) is 5.10. The second-order valence-corrected chi connectivity index (χ2v) is 7.99. The molecule has 0 aromatic heterocycles. The van der Waals surface area contributed by atoms with E-state index in [1.54, 1.807) is 4.90 Å². The fourth-order valence-electron chi connectivity index (χ4n) is 4.05. The summed E-state index contributed by atoms with van der Waals surface area (Å²) in [4.78, 5) is 25.4. The van der Waals surface area contributed by atoms with Gasteiger partial charge in [-0.3, -0.25) is 0 Å². The van der Waals surface area contributed by atoms with Gasteiger partial charge in [-0.05, 0) is 51.9 Å². The van der Waals surface area contributed by atoms with Crippen LogP contribution in [-0.2, 0) is 14.3 Å². The summed E-state index contributed by atoms with van der Waals surface area (Å²) in [7, 11) is 1.47. The standard InChI is InChI=1S/C17H29NO5/c1-11-10-18(15(21)23-16(2,3)4)9-6-12(11)17(7-8-17)13(22-5)14(19)20/h11-13H,6-10H2,1-5H3,(H,19,20). The molecule has 2 fully saturated rings. The molecular formula is C17H29NO5. The normalized spacial score (nSPS) is 28.1. The van der Waals surface area contributed by atoms with Crippen molar-refractivity contribution in [2.75, 3.05) is 20.2 Å². The molecule has 1 saturated heterocycles. The maximum atomic E-state index is 12.2. The van der Waals surface area contributed by atoms with Gasteiger partial charge in [0, 0.05) is 25.6 Å². The molecule has 0 radical (unpaired) electrons. The Labute approximate surface area is 138 Å². The Morgan fingerprint density at radius 2 is 1.91 bits per heavy atom. The summed E-state index contributed by atoms with van der Waals surface area (Å²) in [6.07, 6.45) is 1.55. The number of hydrogen-bond acceptors (Lipinski definition) is 4. The Kier molecular flexibility index (Phi) is 4.95. The number of aliphatic carboxylic acids is 1. The van der Waals surface area contributed by atoms with Crippen molar-refractivity contribution < 1.29 is 24.2 Å². The highest BCUT2D eigenvalue weighted by atomic mass is 16.6. The van der Waals surface area contributed by atoms with Crippen LogP contribution in [0, 0.1) is 17.3 Å². The van der Waals surface area contributed by atoms with E-state index >= 15 is 0 Å². The van der Waals surface area contributed by atoms with Gasteiger partial charge in [-0.25, -0.2) is 9.59 Å². The van der Waals surface area contributed by atoms with Gasteiger partial charge in [-0.2, -0.15) is 0 Å². The van der Waals surface area contributed by atoms with E-state index in [1.165, 1.54) is 7.11 Å². The smallest absolute Gasteiger partial charge is 0.410 e. The highest BCUT2D eigenvalue weighted by Gasteiger charge is 2.59. The van der Waals surface area contributed by atoms with Crippen molar-refractivity contribution in [2.45, 2.75) is 58.7 Å². The molecule has 3 unspecified atom stereocenters. The van der Waals surface area contributed by atoms with Crippen molar-refractivity contribution in [3.63, 3.8) is 0 Å². The number of nitrogens with zero attached hydrogens (tertiary/aromatic N) is 1. The third-order valence-corrected chi connectivity index (χ3v) is 5.10. The lowest BCUT2D eigenvalue weighted by Crippen LogP contribution is -2.50. The summed E-state index contributed by atoms with van der Waals surface area (Å²) in [5.74, 6) is -0.384. The summed E-state index contributed by atoms with van der Waals surface area (Å²) in [6.45, 7) is 8.89. The topological polar surface area (TPSA) is 76.1 Å². The van der Waals surface area contributed by atoms with E-state index in [9.17, 15) is 14.7 Å². The second kappa shape index (κ2) is 6.30. The van der Waals surface area contributed by atoms with E-state index in [1.807, 2.05) is 20.8 Å². The number of carboxylic acids is 1. The molecule has 0 spiro atoms. The molecule has 132 valence electrons. The van der Waals surface area contributed by atoms with Gasteiger partial charge < -0.3 is 19.5 Å². The molecule has 2 aliphatic rings. The summed E-state index contributed by atoms with van der Waals surface area (Å²) >= 11 is 0. The SMILES string of the molecule is COC(C(=O)O)C1(C2CCN(C(=O)OC(C)(C)C)CC2C)CC1. The largest absolute Gasteiger partial charge is 0.479 e. The number of carboxylic acid groups (broad SMARTS) is 1. The predicted octanol–water partition coefficient (Wildman–Crippen LogP) is 2.76. The summed E-state index contributed by atoms with van der Waals surface area (Å²) in [5, 5.41) is 9.42. The van der Waals surface area contributed by atoms with Gasteiger partial charge in [0.05, 0.1) is 0 Å². The maximum absolute atomic E-state index is 12.2. The van der Waals surface area contributed by atoms with Gasteiger partial charge in [0.2, 0.25) is 0 Å². The van der Waals surface area contributed by atoms with Crippen molar-refractivity contribution in [3.8, 4) is 0 Å². The molecule has 6 nitrogen and oxygen atoms in total. The number of amides is 1. The zero-order valence-electron chi connectivity index (χ0n) is 14.8. The van der Waals surface area contributed by atoms with Crippen molar-refractivity contribution in [1.82, 2.24) is 4.90 Å². The Bertz CT molecular complexity index is 466. The van der Waals surface area contributed by atoms with Crippen LogP contribution >= 0.6 is 0 Å². The van der Waals surface area contributed by atoms with Crippen LogP contribution < -0.4 is 0 Å². The fourth-order valence-corrected chi connectivity index (χ4v) is 4.05. The minimum absolute atomic E-state index is 0.232. The predicted molar refractivity (Wildman–Crippen MR) is 85.2 cm³/mol. The van der Waals surface area contributed by atoms with Crippen LogP contribution in [0.4, 0.5) is 4.79 Å². The molecular weight excluding hydrogens is 298 g/mol. The highest BCUT2D eigenvalue weighted by Crippen LogP contribution is 2.59. The number of carbonyl (C=O) groups excluding carboxylic acids is 1. The number of methoxy groups -OCH3 is 1. The van der Waals surface area contributed by atoms with Crippen LogP contribution in [0.3, 0.4) is 0 Å². The third kappa shape index (κ3) is 3.79. The molecule has 2 rings (SSSR count). The zero-order valence-corrected chi connectivity index (χ0v) is 14.8. The molecule has 1 amide bonds. The minimum Gasteiger partial charge on any atom is -0.479 e. The zero-order chi connectivity index (χ0) is 17.4. The number of hydrogen-bond donors (Lipinski definition) is 1. The first-order valence-corrected chi connectivity index (χ1v) is 8.34. The number of ether oxygens (including phenoxy) is 2. The van der Waals surface area contributed by atoms with Crippen LogP contribution in [0.15, 0.2) is 0 Å². The first-order valence-electron chi connectivity index (χ1n) is 8.34. The molecule has 0 aromatic carbocycles. The van der Waals surface area contributed by atoms with E-state index in [-0.39, 0.29) is 23.3 Å². The summed E-state index contributed by atoms with van der Waals surface area (Å²) < 4.78 is 10.7. The van der Waals surface area contributed by atoms with Crippen LogP contribution in [0.2, 0.25) is 0 Å². The second-order valence-electron chi connectivity index (χ2n) is 7.99. The first kappa shape index (κ1) is 18.0. The van der Waals surface area contributed by atoms with E-state index in [4.69, 9.17) is 9.47 Å². The molecule has 1 saturated carbocycles. The number of piperidine rings is 1. The number of likely N-dealkylation sites (tertiary alicyclic amines) is 1. The first-order chi connectivity index (χ1) is 10.6. The molecule has 1 aliphatic heterocycles. The van der Waals surface area contributed by atoms with E-state index in [0.29, 0.717) is 13.1 Å². The average Bonchev–Trinajstić information content (AvgIpc) is 3.18. The Hall–Kier alpha value is -1.30. The van der Waals surface area contributed by atoms with Gasteiger partial charge >= 0.3 is 12.1 Å². The molecule has 0 bridgehead atoms. The Morgan fingerprint density at radius 1 is 1.30 bits per heavy atom. The summed E-state index contributed by atoms with van der Waals surface area (Å²) in [6, 6.07) is 0. The quantitative estimate of drug-likeness (QED) is 0.859. The van der Waals surface area contributed by atoms with Crippen LogP contribution in [0.5, 0.6) is 0 Å². The molecule has 23 heavy (non-hydrogen) atoms. The van der Waals surface area contributed by atoms with E-state index in [2.05, 4.69) is 6.92 Å². The van der Waals surface area contributed by atoms with E-state index in [0.717, 1.165) is 19.3 Å². The average molecular weight is 327 g/mol. The lowest BCUT2D eigenvalue weighted by Gasteiger charge is -2.42. The van der Waals surface area contributed by atoms with Crippen LogP contribution in [0.1, 0.15) is 47.0 Å². The maximum Gasteiger partial charge on any atom is 0.410 e. The molecule has 1 N–H and O–H groups in total.